The Morgan fingerprint density at radius 1 is 1.38 bits per heavy atom. The van der Waals surface area contributed by atoms with Crippen LogP contribution in [0.5, 0.6) is 0 Å². The van der Waals surface area contributed by atoms with Crippen molar-refractivity contribution in [2.24, 2.45) is 0 Å². The molecule has 1 aromatic carbocycles. The average molecular weight is 347 g/mol. The Kier molecular flexibility index (Phi) is 5.15. The lowest BCUT2D eigenvalue weighted by Crippen LogP contribution is -2.42. The van der Waals surface area contributed by atoms with Crippen molar-refractivity contribution in [2.75, 3.05) is 25.5 Å². The highest BCUT2D eigenvalue weighted by atomic mass is 19.4. The van der Waals surface area contributed by atoms with E-state index in [1.165, 1.54) is 12.0 Å². The lowest BCUT2D eigenvalue weighted by molar-refractivity contribution is -0.385. The van der Waals surface area contributed by atoms with E-state index >= 15 is 0 Å². The monoisotopic (exact) mass is 347 g/mol. The van der Waals surface area contributed by atoms with Gasteiger partial charge in [0.25, 0.3) is 5.69 Å². The fraction of sp³-hybridized carbons (Fsp3) is 0.500. The van der Waals surface area contributed by atoms with E-state index in [1.807, 2.05) is 0 Å². The van der Waals surface area contributed by atoms with Crippen LogP contribution in [-0.2, 0) is 10.9 Å². The summed E-state index contributed by atoms with van der Waals surface area (Å²) in [7, 11) is 1.26. The molecule has 1 amide bonds. The fourth-order valence-electron chi connectivity index (χ4n) is 2.56. The Balaban J connectivity index is 2.13. The summed E-state index contributed by atoms with van der Waals surface area (Å²) in [6, 6.07) is 2.34. The quantitative estimate of drug-likeness (QED) is 0.670. The summed E-state index contributed by atoms with van der Waals surface area (Å²) in [6.07, 6.45) is -4.28. The molecule has 0 saturated carbocycles. The highest BCUT2D eigenvalue weighted by Crippen LogP contribution is 2.37. The minimum absolute atomic E-state index is 0.204. The molecule has 1 aliphatic rings. The standard InChI is InChI=1S/C14H16F3N3O4/c1-24-13(21)19-6-4-9(5-7-19)18-12-3-2-10(20(22)23)8-11(12)14(15,16)17/h2-3,8-9,18H,4-7H2,1H3. The van der Waals surface area contributed by atoms with Crippen LogP contribution in [0.4, 0.5) is 29.3 Å². The second-order valence-electron chi connectivity index (χ2n) is 5.36. The smallest absolute Gasteiger partial charge is 0.418 e. The van der Waals surface area contributed by atoms with Gasteiger partial charge < -0.3 is 15.0 Å². The van der Waals surface area contributed by atoms with Crippen LogP contribution in [0.1, 0.15) is 18.4 Å². The van der Waals surface area contributed by atoms with Crippen molar-refractivity contribution in [3.63, 3.8) is 0 Å². The van der Waals surface area contributed by atoms with E-state index in [4.69, 9.17) is 0 Å². The van der Waals surface area contributed by atoms with Gasteiger partial charge in [0.05, 0.1) is 17.6 Å². The van der Waals surface area contributed by atoms with Crippen LogP contribution in [0.25, 0.3) is 0 Å². The number of hydrogen-bond acceptors (Lipinski definition) is 5. The first-order valence-corrected chi connectivity index (χ1v) is 7.17. The van der Waals surface area contributed by atoms with Gasteiger partial charge in [0.1, 0.15) is 0 Å². The van der Waals surface area contributed by atoms with Crippen molar-refractivity contribution >= 4 is 17.5 Å². The molecule has 0 aliphatic carbocycles. The summed E-state index contributed by atoms with van der Waals surface area (Å²) in [5.41, 5.74) is -1.90. The number of nitrogens with zero attached hydrogens (tertiary/aromatic N) is 2. The number of likely N-dealkylation sites (tertiary alicyclic amines) is 1. The van der Waals surface area contributed by atoms with Crippen LogP contribution < -0.4 is 5.32 Å². The van der Waals surface area contributed by atoms with Crippen LogP contribution in [-0.4, -0.2) is 42.2 Å². The number of methoxy groups -OCH3 is 1. The van der Waals surface area contributed by atoms with Gasteiger partial charge in [-0.05, 0) is 18.9 Å². The summed E-state index contributed by atoms with van der Waals surface area (Å²) in [5.74, 6) is 0. The molecule has 0 aromatic heterocycles. The van der Waals surface area contributed by atoms with Gasteiger partial charge in [0.2, 0.25) is 0 Å². The highest BCUT2D eigenvalue weighted by Gasteiger charge is 2.36. The number of ether oxygens (including phenoxy) is 1. The lowest BCUT2D eigenvalue weighted by atomic mass is 10.0. The zero-order valence-electron chi connectivity index (χ0n) is 12.8. The van der Waals surface area contributed by atoms with E-state index in [2.05, 4.69) is 10.1 Å². The van der Waals surface area contributed by atoms with Crippen molar-refractivity contribution in [2.45, 2.75) is 25.1 Å². The molecule has 1 N–H and O–H groups in total. The number of benzene rings is 1. The molecule has 24 heavy (non-hydrogen) atoms. The number of alkyl halides is 3. The molecule has 1 fully saturated rings. The molecule has 1 aliphatic heterocycles. The zero-order valence-corrected chi connectivity index (χ0v) is 12.8. The molecule has 1 aromatic rings. The summed E-state index contributed by atoms with van der Waals surface area (Å²) in [5, 5.41) is 13.5. The first kappa shape index (κ1) is 17.8. The van der Waals surface area contributed by atoms with Gasteiger partial charge in [-0.25, -0.2) is 4.79 Å². The predicted octanol–water partition coefficient (Wildman–Crippen LogP) is 3.26. The van der Waals surface area contributed by atoms with Crippen molar-refractivity contribution in [1.82, 2.24) is 4.90 Å². The number of non-ortho nitro benzene ring substituents is 1. The van der Waals surface area contributed by atoms with Gasteiger partial charge in [0, 0.05) is 37.0 Å². The Bertz CT molecular complexity index is 628. The molecule has 0 spiro atoms. The number of nitrogens with one attached hydrogen (secondary N) is 1. The Morgan fingerprint density at radius 3 is 2.50 bits per heavy atom. The van der Waals surface area contributed by atoms with Crippen LogP contribution in [0.3, 0.4) is 0 Å². The molecule has 7 nitrogen and oxygen atoms in total. The van der Waals surface area contributed by atoms with E-state index in [1.54, 1.807) is 0 Å². The molecule has 0 radical (unpaired) electrons. The minimum atomic E-state index is -4.71. The summed E-state index contributed by atoms with van der Waals surface area (Å²) in [6.45, 7) is 0.720. The zero-order chi connectivity index (χ0) is 17.9. The topological polar surface area (TPSA) is 84.7 Å². The number of halogens is 3. The molecule has 132 valence electrons. The molecular weight excluding hydrogens is 331 g/mol. The number of nitro benzene ring substituents is 1. The number of anilines is 1. The molecular formula is C14H16F3N3O4. The van der Waals surface area contributed by atoms with Gasteiger partial charge in [-0.1, -0.05) is 0 Å². The third-order valence-corrected chi connectivity index (χ3v) is 3.81. The molecule has 2 rings (SSSR count). The first-order chi connectivity index (χ1) is 11.2. The van der Waals surface area contributed by atoms with E-state index in [0.29, 0.717) is 32.0 Å². The number of carbonyl (C=O) groups is 1. The van der Waals surface area contributed by atoms with Gasteiger partial charge in [-0.2, -0.15) is 13.2 Å². The highest BCUT2D eigenvalue weighted by molar-refractivity contribution is 5.67. The molecule has 0 unspecified atom stereocenters. The lowest BCUT2D eigenvalue weighted by Gasteiger charge is -2.32. The van der Waals surface area contributed by atoms with Crippen molar-refractivity contribution in [3.8, 4) is 0 Å². The third kappa shape index (κ3) is 4.06. The maximum absolute atomic E-state index is 13.1. The van der Waals surface area contributed by atoms with Gasteiger partial charge in [-0.3, -0.25) is 10.1 Å². The molecule has 1 saturated heterocycles. The largest absolute Gasteiger partial charge is 0.453 e. The first-order valence-electron chi connectivity index (χ1n) is 7.17. The molecule has 10 heteroatoms. The maximum atomic E-state index is 13.1. The van der Waals surface area contributed by atoms with Crippen LogP contribution >= 0.6 is 0 Å². The molecule has 0 bridgehead atoms. The summed E-state index contributed by atoms with van der Waals surface area (Å²) >= 11 is 0. The van der Waals surface area contributed by atoms with E-state index in [-0.39, 0.29) is 11.7 Å². The second-order valence-corrected chi connectivity index (χ2v) is 5.36. The van der Waals surface area contributed by atoms with Crippen LogP contribution in [0.15, 0.2) is 18.2 Å². The maximum Gasteiger partial charge on any atom is 0.418 e. The Labute approximate surface area is 135 Å². The number of nitro groups is 1. The Hall–Kier alpha value is -2.52. The summed E-state index contributed by atoms with van der Waals surface area (Å²) in [4.78, 5) is 22.7. The summed E-state index contributed by atoms with van der Waals surface area (Å²) < 4.78 is 44.0. The fourth-order valence-corrected chi connectivity index (χ4v) is 2.56. The van der Waals surface area contributed by atoms with E-state index in [9.17, 15) is 28.1 Å². The predicted molar refractivity (Wildman–Crippen MR) is 78.7 cm³/mol. The second kappa shape index (κ2) is 6.93. The average Bonchev–Trinajstić information content (AvgIpc) is 2.54. The SMILES string of the molecule is COC(=O)N1CCC(Nc2ccc([N+](=O)[O-])cc2C(F)(F)F)CC1. The number of amides is 1. The molecule has 0 atom stereocenters. The normalized spacial score (nSPS) is 15.9. The van der Waals surface area contributed by atoms with E-state index < -0.39 is 28.4 Å². The van der Waals surface area contributed by atoms with Gasteiger partial charge in [0.15, 0.2) is 0 Å². The molecule has 1 heterocycles. The van der Waals surface area contributed by atoms with Crippen molar-refractivity contribution < 1.29 is 27.6 Å². The number of rotatable bonds is 3. The van der Waals surface area contributed by atoms with Crippen molar-refractivity contribution in [3.05, 3.63) is 33.9 Å². The minimum Gasteiger partial charge on any atom is -0.453 e. The van der Waals surface area contributed by atoms with E-state index in [0.717, 1.165) is 12.1 Å². The van der Waals surface area contributed by atoms with Crippen LogP contribution in [0, 0.1) is 10.1 Å². The Morgan fingerprint density at radius 2 is 2.00 bits per heavy atom. The van der Waals surface area contributed by atoms with Crippen molar-refractivity contribution in [1.29, 1.82) is 0 Å². The number of carbonyl (C=O) groups excluding carboxylic acids is 1. The van der Waals surface area contributed by atoms with Gasteiger partial charge >= 0.3 is 12.3 Å². The number of piperidine rings is 1. The van der Waals surface area contributed by atoms with Crippen LogP contribution in [0.2, 0.25) is 0 Å². The van der Waals surface area contributed by atoms with Gasteiger partial charge in [-0.15, -0.1) is 0 Å². The third-order valence-electron chi connectivity index (χ3n) is 3.81. The number of hydrogen-bond donors (Lipinski definition) is 1.